The van der Waals surface area contributed by atoms with Crippen LogP contribution < -0.4 is 16.0 Å². The van der Waals surface area contributed by atoms with Crippen molar-refractivity contribution in [3.8, 4) is 89.8 Å². The van der Waals surface area contributed by atoms with E-state index in [0.29, 0.717) is 45.3 Å². The zero-order chi connectivity index (χ0) is 87.0. The highest BCUT2D eigenvalue weighted by atomic mass is 19.4. The molecule has 20 nitrogen and oxygen atoms in total. The van der Waals surface area contributed by atoms with Gasteiger partial charge in [-0.15, -0.1) is 20.4 Å². The molecule has 16 aromatic rings. The Bertz CT molecular complexity index is 6220. The van der Waals surface area contributed by atoms with Gasteiger partial charge in [0.25, 0.3) is 0 Å². The van der Waals surface area contributed by atoms with Crippen LogP contribution in [0.25, 0.3) is 89.8 Å². The van der Waals surface area contributed by atoms with Gasteiger partial charge in [0.2, 0.25) is 17.7 Å². The average molecular weight is 1660 g/mol. The second-order valence-corrected chi connectivity index (χ2v) is 28.7. The van der Waals surface area contributed by atoms with E-state index in [-0.39, 0.29) is 66.4 Å². The Balaban J connectivity index is 0.000000142. The van der Waals surface area contributed by atoms with E-state index in [1.807, 2.05) is 203 Å². The predicted molar refractivity (Wildman–Crippen MR) is 465 cm³/mol. The summed E-state index contributed by atoms with van der Waals surface area (Å²) in [6.07, 6.45) is 7.00. The van der Waals surface area contributed by atoms with E-state index < -0.39 is 29.4 Å². The van der Waals surface area contributed by atoms with Crippen molar-refractivity contribution in [3.63, 3.8) is 0 Å². The molecule has 0 aliphatic carbocycles. The third-order valence-corrected chi connectivity index (χ3v) is 19.1. The summed E-state index contributed by atoms with van der Waals surface area (Å²) < 4.78 is 82.3. The number of alkyl halides is 6. The minimum Gasteiger partial charge on any atom is -0.324 e. The van der Waals surface area contributed by atoms with E-state index in [1.165, 1.54) is 49.1 Å². The first-order valence-electron chi connectivity index (χ1n) is 39.0. The van der Waals surface area contributed by atoms with Crippen molar-refractivity contribution in [2.24, 2.45) is 0 Å². The van der Waals surface area contributed by atoms with E-state index in [9.17, 15) is 45.5 Å². The highest BCUT2D eigenvalue weighted by Gasteiger charge is 2.36. The molecule has 0 spiro atoms. The number of rotatable bonds is 21. The summed E-state index contributed by atoms with van der Waals surface area (Å²) in [5, 5.41) is 32.0. The van der Waals surface area contributed by atoms with Gasteiger partial charge in [-0.2, -0.15) is 36.5 Å². The van der Waals surface area contributed by atoms with Gasteiger partial charge in [-0.25, -0.2) is 0 Å². The van der Waals surface area contributed by atoms with Gasteiger partial charge >= 0.3 is 12.4 Å². The molecule has 0 saturated carbocycles. The Kier molecular flexibility index (Phi) is 28.4. The smallest absolute Gasteiger partial charge is 0.324 e. The minimum atomic E-state index is -4.56. The number of benzene rings is 6. The lowest BCUT2D eigenvalue weighted by atomic mass is 9.95. The first-order chi connectivity index (χ1) is 59.9. The van der Waals surface area contributed by atoms with Crippen LogP contribution in [-0.2, 0) is 63.6 Å². The monoisotopic (exact) mass is 1660 g/mol. The number of carbonyl (C=O) groups is 4. The fourth-order valence-corrected chi connectivity index (χ4v) is 13.1. The molecule has 124 heavy (non-hydrogen) atoms. The van der Waals surface area contributed by atoms with Gasteiger partial charge in [-0.05, 0) is 194 Å². The quantitative estimate of drug-likeness (QED) is 0.0564. The molecule has 16 rings (SSSR count). The highest BCUT2D eigenvalue weighted by Crippen LogP contribution is 2.40. The van der Waals surface area contributed by atoms with Crippen molar-refractivity contribution in [2.75, 3.05) is 16.0 Å². The van der Waals surface area contributed by atoms with E-state index >= 15 is 0 Å². The normalized spacial score (nSPS) is 11.0. The topological polar surface area (TPSA) is 272 Å². The second-order valence-electron chi connectivity index (χ2n) is 28.7. The van der Waals surface area contributed by atoms with Crippen molar-refractivity contribution in [3.05, 3.63) is 384 Å². The molecule has 0 fully saturated rings. The largest absolute Gasteiger partial charge is 0.417 e. The Morgan fingerprint density at radius 3 is 1.12 bits per heavy atom. The average Bonchev–Trinajstić information content (AvgIpc) is 0.793. The van der Waals surface area contributed by atoms with Gasteiger partial charge in [0, 0.05) is 107 Å². The van der Waals surface area contributed by atoms with E-state index in [4.69, 9.17) is 0 Å². The highest BCUT2D eigenvalue weighted by molar-refractivity contribution is 5.94. The summed E-state index contributed by atoms with van der Waals surface area (Å²) in [6.45, 7) is 7.66. The number of aromatic nitrogens is 13. The number of nitrogens with zero attached hydrogens (tertiary/aromatic N) is 13. The fourth-order valence-electron chi connectivity index (χ4n) is 13.1. The number of pyridine rings is 7. The Morgan fingerprint density at radius 2 is 0.677 bits per heavy atom. The van der Waals surface area contributed by atoms with Crippen LogP contribution in [0, 0.1) is 27.7 Å². The third-order valence-electron chi connectivity index (χ3n) is 19.1. The predicted octanol–water partition coefficient (Wildman–Crippen LogP) is 20.4. The number of halogens is 6. The summed E-state index contributed by atoms with van der Waals surface area (Å²) in [5.41, 5.74) is 17.1. The number of nitrogens with one attached hydrogen (secondary N) is 3. The van der Waals surface area contributed by atoms with Gasteiger partial charge in [0.1, 0.15) is 5.78 Å². The van der Waals surface area contributed by atoms with Crippen LogP contribution in [0.4, 0.5) is 43.7 Å². The maximum absolute atomic E-state index is 13.8. The van der Waals surface area contributed by atoms with Crippen LogP contribution in [0.5, 0.6) is 0 Å². The number of anilines is 3. The Hall–Kier alpha value is -15.7. The Labute approximate surface area is 710 Å². The molecule has 3 amide bonds. The van der Waals surface area contributed by atoms with Gasteiger partial charge in [0.15, 0.2) is 11.6 Å². The van der Waals surface area contributed by atoms with Gasteiger partial charge in [0.05, 0.1) is 88.8 Å². The molecule has 0 saturated heterocycles. The van der Waals surface area contributed by atoms with Crippen LogP contribution >= 0.6 is 0 Å². The maximum atomic E-state index is 13.8. The van der Waals surface area contributed by atoms with E-state index in [0.717, 1.165) is 108 Å². The summed E-state index contributed by atoms with van der Waals surface area (Å²) in [6, 6.07) is 77.5. The summed E-state index contributed by atoms with van der Waals surface area (Å²) >= 11 is 0. The summed E-state index contributed by atoms with van der Waals surface area (Å²) in [4.78, 5) is 79.6. The van der Waals surface area contributed by atoms with Gasteiger partial charge < -0.3 is 16.0 Å². The molecule has 6 aromatic carbocycles. The number of Topliss-reactive ketones (excluding diaryl/α,β-unsaturated/α-hetero) is 1. The van der Waals surface area contributed by atoms with Crippen LogP contribution in [0.2, 0.25) is 0 Å². The SMILES string of the molecule is Cc1cc(-c2ccc(CC(=O)Nc3ccc(-c4ccccc4)nn3)cn2)ccn1.Cc1cccc(-c2ccc(CC(=O)Cc3ccc(-c4ccnnc4)c(C(F)(F)F)c3)cn2)c1.Cc1cccc(-c2ccc(NC(=O)Cc3ccc(-c4ccnc(C)c4)c(C(F)(F)F)c3)cn2)c1.O=C(Cc1ccc(-c2ccncc2)nc1)Nc1ccc(-c2ccccc2)nn1. The molecule has 0 unspecified atom stereocenters. The van der Waals surface area contributed by atoms with Crippen molar-refractivity contribution in [1.82, 2.24) is 65.5 Å². The third kappa shape index (κ3) is 24.7. The molecule has 616 valence electrons. The lowest BCUT2D eigenvalue weighted by Crippen LogP contribution is -2.15. The fraction of sp³-hybridized carbons (Fsp3) is 0.112. The molecular weight excluding hydrogens is 1580 g/mol. The molecule has 10 aromatic heterocycles. The number of aryl methyl sites for hydroxylation is 4. The molecule has 0 bridgehead atoms. The van der Waals surface area contributed by atoms with Crippen molar-refractivity contribution < 1.29 is 45.5 Å². The Morgan fingerprint density at radius 1 is 0.290 bits per heavy atom. The van der Waals surface area contributed by atoms with Gasteiger partial charge in [-0.3, -0.25) is 54.1 Å². The van der Waals surface area contributed by atoms with E-state index in [2.05, 4.69) is 81.4 Å². The number of hydrogen-bond donors (Lipinski definition) is 3. The lowest BCUT2D eigenvalue weighted by molar-refractivity contribution is -0.138. The molecule has 0 atom stereocenters. The molecule has 3 N–H and O–H groups in total. The standard InChI is InChI=1S/C27H22F3N3O.C26H20F3N3O.C23H19N5O.C22H17N5O/c1-17-4-3-5-21(12-17)25-9-7-22(16-32-25)33-26(34)15-19-6-8-23(24(14-19)27(28,29)30)20-10-11-31-18(2)13-20;1-17-3-2-4-20(11-17)25-8-6-19(15-30-25)13-22(33)12-18-5-7-23(21-9-10-31-32-16-21)24(14-18)26(27,28)29;1-16-13-19(11-12-24-16)20-8-7-17(15-25-20)14-23(29)26-22-10-9-21(27-28-22)18-5-3-2-4-6-18;28-22(14-16-6-7-19(24-15-16)18-10-12-23-13-11-18)25-21-9-8-20(26-27-21)17-4-2-1-3-5-17/h3-14,16H,15H2,1-2H3,(H,33,34);2-11,14-16H,12-13H2,1H3;2-13,15H,14H2,1H3,(H,26,28,29);1-13,15H,14H2,(H,25,27,28). The zero-order valence-electron chi connectivity index (χ0n) is 67.3. The molecule has 26 heteroatoms. The second kappa shape index (κ2) is 40.8. The van der Waals surface area contributed by atoms with Crippen molar-refractivity contribution in [1.29, 1.82) is 0 Å². The van der Waals surface area contributed by atoms with Crippen LogP contribution in [0.1, 0.15) is 61.5 Å². The number of ketones is 1. The molecule has 0 radical (unpaired) electrons. The minimum absolute atomic E-state index is 0.00420. The number of hydrogen-bond acceptors (Lipinski definition) is 17. The van der Waals surface area contributed by atoms with Crippen molar-refractivity contribution >= 4 is 40.8 Å². The molecule has 0 aliphatic rings. The first-order valence-corrected chi connectivity index (χ1v) is 39.0. The van der Waals surface area contributed by atoms with Crippen LogP contribution in [-0.4, -0.2) is 89.0 Å². The zero-order valence-corrected chi connectivity index (χ0v) is 67.3. The first kappa shape index (κ1) is 86.1. The lowest BCUT2D eigenvalue weighted by Gasteiger charge is -2.15. The van der Waals surface area contributed by atoms with Gasteiger partial charge in [-0.1, -0.05) is 151 Å². The summed E-state index contributed by atoms with van der Waals surface area (Å²) in [5.74, 6) is -0.101. The summed E-state index contributed by atoms with van der Waals surface area (Å²) in [7, 11) is 0. The number of amides is 3. The molecule has 0 aliphatic heterocycles. The van der Waals surface area contributed by atoms with Crippen LogP contribution in [0.3, 0.4) is 0 Å². The van der Waals surface area contributed by atoms with E-state index in [1.54, 1.807) is 86.6 Å². The van der Waals surface area contributed by atoms with Crippen LogP contribution in [0.15, 0.2) is 323 Å². The van der Waals surface area contributed by atoms with Crippen molar-refractivity contribution in [2.45, 2.75) is 72.2 Å². The number of carbonyl (C=O) groups excluding carboxylic acids is 4. The molecule has 10 heterocycles. The molecular formula is C98H78F6N16O4. The maximum Gasteiger partial charge on any atom is 0.417 e.